The molecule has 0 saturated carbocycles. The number of hydrogen-bond acceptors (Lipinski definition) is 4. The van der Waals surface area contributed by atoms with Crippen LogP contribution in [0.1, 0.15) is 37.0 Å². The molecule has 0 N–H and O–H groups in total. The van der Waals surface area contributed by atoms with Crippen LogP contribution in [0.5, 0.6) is 5.75 Å². The largest absolute Gasteiger partial charge is 0.379 e. The van der Waals surface area contributed by atoms with Gasteiger partial charge in [-0.3, -0.25) is 4.79 Å². The lowest BCUT2D eigenvalue weighted by molar-refractivity contribution is -0.133. The summed E-state index contributed by atoms with van der Waals surface area (Å²) < 4.78 is 44.4. The van der Waals surface area contributed by atoms with Crippen molar-refractivity contribution in [2.45, 2.75) is 45.2 Å². The van der Waals surface area contributed by atoms with Crippen LogP contribution in [0.25, 0.3) is 0 Å². The second kappa shape index (κ2) is 11.0. The zero-order valence-corrected chi connectivity index (χ0v) is 20.9. The normalized spacial score (nSPS) is 11.5. The summed E-state index contributed by atoms with van der Waals surface area (Å²) in [6.07, 6.45) is 0.359. The van der Waals surface area contributed by atoms with E-state index in [9.17, 15) is 17.6 Å². The Morgan fingerprint density at radius 1 is 1.00 bits per heavy atom. The number of hydrogen-bond donors (Lipinski definition) is 0. The van der Waals surface area contributed by atoms with Crippen molar-refractivity contribution in [1.82, 2.24) is 4.90 Å². The van der Waals surface area contributed by atoms with E-state index in [-0.39, 0.29) is 39.9 Å². The average molecular weight is 504 g/mol. The van der Waals surface area contributed by atoms with Gasteiger partial charge in [0.25, 0.3) is 0 Å². The molecule has 34 heavy (non-hydrogen) atoms. The molecule has 0 saturated heterocycles. The Bertz CT molecular complexity index is 1240. The molecule has 0 atom stereocenters. The zero-order chi connectivity index (χ0) is 24.9. The minimum Gasteiger partial charge on any atom is -0.379 e. The average Bonchev–Trinajstić information content (AvgIpc) is 2.74. The maximum absolute atomic E-state index is 13.3. The van der Waals surface area contributed by atoms with Crippen LogP contribution in [0, 0.1) is 18.7 Å². The molecule has 8 heteroatoms. The Balaban J connectivity index is 1.84. The topological polar surface area (TPSA) is 63.7 Å². The van der Waals surface area contributed by atoms with Gasteiger partial charge in [0, 0.05) is 19.5 Å². The number of halogens is 2. The first-order valence-corrected chi connectivity index (χ1v) is 12.6. The monoisotopic (exact) mass is 503 g/mol. The third kappa shape index (κ3) is 6.81. The van der Waals surface area contributed by atoms with Crippen LogP contribution in [-0.4, -0.2) is 19.2 Å². The van der Waals surface area contributed by atoms with E-state index in [0.29, 0.717) is 24.1 Å². The molecule has 0 bridgehead atoms. The summed E-state index contributed by atoms with van der Waals surface area (Å²) in [5.41, 5.74) is 1.97. The fourth-order valence-electron chi connectivity index (χ4n) is 3.54. The SMILES string of the molecule is Cc1cccc(Cl)c1S(=O)(=O)Oc1cccc(CN(Cc2ccc(F)cc2)C(=O)CC(C)C)c1. The van der Waals surface area contributed by atoms with E-state index >= 15 is 0 Å². The third-order valence-electron chi connectivity index (χ3n) is 5.11. The maximum Gasteiger partial charge on any atom is 0.340 e. The zero-order valence-electron chi connectivity index (χ0n) is 19.3. The molecule has 0 aliphatic rings. The van der Waals surface area contributed by atoms with Crippen LogP contribution in [-0.2, 0) is 28.0 Å². The lowest BCUT2D eigenvalue weighted by atomic mass is 10.1. The van der Waals surface area contributed by atoms with E-state index in [2.05, 4.69) is 0 Å². The van der Waals surface area contributed by atoms with Crippen molar-refractivity contribution in [2.24, 2.45) is 5.92 Å². The van der Waals surface area contributed by atoms with Gasteiger partial charge >= 0.3 is 10.1 Å². The minimum atomic E-state index is -4.15. The van der Waals surface area contributed by atoms with Crippen molar-refractivity contribution >= 4 is 27.6 Å². The predicted molar refractivity (Wildman–Crippen MR) is 131 cm³/mol. The third-order valence-corrected chi connectivity index (χ3v) is 6.99. The fourth-order valence-corrected chi connectivity index (χ4v) is 5.25. The van der Waals surface area contributed by atoms with E-state index in [1.54, 1.807) is 54.3 Å². The van der Waals surface area contributed by atoms with Crippen molar-refractivity contribution in [3.8, 4) is 5.75 Å². The number of rotatable bonds is 9. The first-order valence-electron chi connectivity index (χ1n) is 10.9. The predicted octanol–water partition coefficient (Wildman–Crippen LogP) is 6.13. The first kappa shape index (κ1) is 25.7. The molecule has 3 aromatic carbocycles. The molecule has 0 aliphatic heterocycles. The molecular weight excluding hydrogens is 477 g/mol. The highest BCUT2D eigenvalue weighted by Crippen LogP contribution is 2.28. The molecule has 0 aliphatic carbocycles. The summed E-state index contributed by atoms with van der Waals surface area (Å²) in [7, 11) is -4.15. The number of carbonyl (C=O) groups excluding carboxylic acids is 1. The smallest absolute Gasteiger partial charge is 0.340 e. The van der Waals surface area contributed by atoms with Gasteiger partial charge in [-0.25, -0.2) is 4.39 Å². The van der Waals surface area contributed by atoms with Crippen molar-refractivity contribution in [1.29, 1.82) is 0 Å². The highest BCUT2D eigenvalue weighted by atomic mass is 35.5. The molecule has 0 radical (unpaired) electrons. The molecule has 0 heterocycles. The first-order chi connectivity index (χ1) is 16.0. The van der Waals surface area contributed by atoms with Crippen LogP contribution in [0.3, 0.4) is 0 Å². The molecule has 0 aromatic heterocycles. The minimum absolute atomic E-state index is 0.0510. The molecule has 5 nitrogen and oxygen atoms in total. The number of aryl methyl sites for hydroxylation is 1. The van der Waals surface area contributed by atoms with Gasteiger partial charge in [0.1, 0.15) is 16.5 Å². The van der Waals surface area contributed by atoms with Crippen molar-refractivity contribution < 1.29 is 21.8 Å². The molecule has 0 spiro atoms. The lowest BCUT2D eigenvalue weighted by Gasteiger charge is -2.24. The summed E-state index contributed by atoms with van der Waals surface area (Å²) >= 11 is 6.12. The van der Waals surface area contributed by atoms with E-state index in [0.717, 1.165) is 5.56 Å². The second-order valence-corrected chi connectivity index (χ2v) is 10.4. The van der Waals surface area contributed by atoms with Gasteiger partial charge in [-0.1, -0.05) is 61.8 Å². The van der Waals surface area contributed by atoms with Gasteiger partial charge in [0.2, 0.25) is 5.91 Å². The van der Waals surface area contributed by atoms with Crippen LogP contribution < -0.4 is 4.18 Å². The molecule has 3 aromatic rings. The molecule has 180 valence electrons. The van der Waals surface area contributed by atoms with Gasteiger partial charge in [-0.2, -0.15) is 8.42 Å². The van der Waals surface area contributed by atoms with Crippen LogP contribution in [0.15, 0.2) is 71.6 Å². The van der Waals surface area contributed by atoms with Crippen molar-refractivity contribution in [2.75, 3.05) is 0 Å². The Kier molecular flexibility index (Phi) is 8.33. The maximum atomic E-state index is 13.3. The van der Waals surface area contributed by atoms with Crippen LogP contribution >= 0.6 is 11.6 Å². The molecule has 3 rings (SSSR count). The number of nitrogens with zero attached hydrogens (tertiary/aromatic N) is 1. The number of amides is 1. The molecule has 0 fully saturated rings. The van der Waals surface area contributed by atoms with Crippen LogP contribution in [0.2, 0.25) is 5.02 Å². The van der Waals surface area contributed by atoms with E-state index in [1.807, 2.05) is 13.8 Å². The Hall–Kier alpha value is -2.90. The van der Waals surface area contributed by atoms with E-state index < -0.39 is 10.1 Å². The quantitative estimate of drug-likeness (QED) is 0.329. The summed E-state index contributed by atoms with van der Waals surface area (Å²) in [6.45, 7) is 6.11. The molecule has 0 unspecified atom stereocenters. The summed E-state index contributed by atoms with van der Waals surface area (Å²) in [5, 5.41) is 0.0842. The number of benzene rings is 3. The summed E-state index contributed by atoms with van der Waals surface area (Å²) in [6, 6.07) is 17.4. The highest BCUT2D eigenvalue weighted by Gasteiger charge is 2.23. The Morgan fingerprint density at radius 2 is 1.65 bits per heavy atom. The van der Waals surface area contributed by atoms with Gasteiger partial charge in [-0.05, 0) is 59.9 Å². The highest BCUT2D eigenvalue weighted by molar-refractivity contribution is 7.87. The fraction of sp³-hybridized carbons (Fsp3) is 0.269. The standard InChI is InChI=1S/C26H27ClFNO4S/c1-18(2)14-25(30)29(16-20-10-12-22(28)13-11-20)17-21-7-5-8-23(15-21)33-34(31,32)26-19(3)6-4-9-24(26)27/h4-13,15,18H,14,16-17H2,1-3H3. The van der Waals surface area contributed by atoms with E-state index in [1.165, 1.54) is 24.3 Å². The van der Waals surface area contributed by atoms with Crippen molar-refractivity contribution in [3.63, 3.8) is 0 Å². The number of carbonyl (C=O) groups is 1. The van der Waals surface area contributed by atoms with Gasteiger partial charge < -0.3 is 9.08 Å². The van der Waals surface area contributed by atoms with Gasteiger partial charge in [0.15, 0.2) is 0 Å². The molecular formula is C26H27ClFNO4S. The Morgan fingerprint density at radius 3 is 2.29 bits per heavy atom. The van der Waals surface area contributed by atoms with E-state index in [4.69, 9.17) is 15.8 Å². The van der Waals surface area contributed by atoms with Crippen LogP contribution in [0.4, 0.5) is 4.39 Å². The second-order valence-electron chi connectivity index (χ2n) is 8.54. The van der Waals surface area contributed by atoms with Gasteiger partial charge in [0.05, 0.1) is 5.02 Å². The lowest BCUT2D eigenvalue weighted by Crippen LogP contribution is -2.31. The Labute approximate surface area is 205 Å². The summed E-state index contributed by atoms with van der Waals surface area (Å²) in [5.74, 6) is -0.106. The molecule has 1 amide bonds. The van der Waals surface area contributed by atoms with Gasteiger partial charge in [-0.15, -0.1) is 0 Å². The van der Waals surface area contributed by atoms with Crippen molar-refractivity contribution in [3.05, 3.63) is 94.3 Å². The summed E-state index contributed by atoms with van der Waals surface area (Å²) in [4.78, 5) is 14.5.